The lowest BCUT2D eigenvalue weighted by Gasteiger charge is -2.27. The number of nitrogens with one attached hydrogen (secondary N) is 1. The molecule has 1 aromatic heterocycles. The van der Waals surface area contributed by atoms with Crippen LogP contribution in [0.4, 0.5) is 0 Å². The van der Waals surface area contributed by atoms with Crippen LogP contribution >= 0.6 is 0 Å². The van der Waals surface area contributed by atoms with Crippen LogP contribution in [0.1, 0.15) is 21.6 Å². The Bertz CT molecular complexity index is 1000. The summed E-state index contributed by atoms with van der Waals surface area (Å²) < 4.78 is 10.7. The minimum atomic E-state index is -0.177. The number of morpholine rings is 1. The van der Waals surface area contributed by atoms with Crippen molar-refractivity contribution >= 4 is 16.8 Å². The minimum Gasteiger partial charge on any atom is -0.497 e. The Morgan fingerprint density at radius 3 is 2.69 bits per heavy atom. The van der Waals surface area contributed by atoms with Gasteiger partial charge in [0.25, 0.3) is 5.91 Å². The lowest BCUT2D eigenvalue weighted by molar-refractivity contribution is 0.0340. The Labute approximate surface area is 170 Å². The molecule has 4 rings (SSSR count). The van der Waals surface area contributed by atoms with Gasteiger partial charge in [0, 0.05) is 31.6 Å². The van der Waals surface area contributed by atoms with E-state index in [1.165, 1.54) is 5.56 Å². The first kappa shape index (κ1) is 19.4. The third kappa shape index (κ3) is 4.72. The number of rotatable bonds is 6. The molecular formula is C23H25N3O3. The molecule has 29 heavy (non-hydrogen) atoms. The molecule has 0 atom stereocenters. The first-order chi connectivity index (χ1) is 14.2. The lowest BCUT2D eigenvalue weighted by atomic mass is 10.1. The van der Waals surface area contributed by atoms with Gasteiger partial charge in [0.15, 0.2) is 0 Å². The first-order valence-corrected chi connectivity index (χ1v) is 9.83. The Morgan fingerprint density at radius 1 is 1.10 bits per heavy atom. The van der Waals surface area contributed by atoms with Crippen LogP contribution in [0.2, 0.25) is 0 Å². The second-order valence-electron chi connectivity index (χ2n) is 7.10. The van der Waals surface area contributed by atoms with Gasteiger partial charge in [-0.2, -0.15) is 0 Å². The van der Waals surface area contributed by atoms with Gasteiger partial charge < -0.3 is 14.8 Å². The second-order valence-corrected chi connectivity index (χ2v) is 7.10. The van der Waals surface area contributed by atoms with Crippen LogP contribution in [0.25, 0.3) is 10.9 Å². The number of ether oxygens (including phenoxy) is 2. The van der Waals surface area contributed by atoms with Crippen molar-refractivity contribution in [3.05, 3.63) is 71.4 Å². The number of carbonyl (C=O) groups excluding carboxylic acids is 1. The van der Waals surface area contributed by atoms with Gasteiger partial charge in [-0.05, 0) is 35.4 Å². The number of carbonyl (C=O) groups is 1. The zero-order valence-corrected chi connectivity index (χ0v) is 16.6. The fourth-order valence-electron chi connectivity index (χ4n) is 3.51. The molecule has 1 aliphatic rings. The first-order valence-electron chi connectivity index (χ1n) is 9.83. The summed E-state index contributed by atoms with van der Waals surface area (Å²) in [5.74, 6) is 0.595. The van der Waals surface area contributed by atoms with E-state index >= 15 is 0 Å². The Kier molecular flexibility index (Phi) is 6.03. The third-order valence-corrected chi connectivity index (χ3v) is 5.18. The van der Waals surface area contributed by atoms with Gasteiger partial charge in [0.1, 0.15) is 11.4 Å². The highest BCUT2D eigenvalue weighted by molar-refractivity contribution is 5.95. The molecule has 0 bridgehead atoms. The molecule has 6 nitrogen and oxygen atoms in total. The fraction of sp³-hybridized carbons (Fsp3) is 0.304. The third-order valence-electron chi connectivity index (χ3n) is 5.18. The molecule has 1 fully saturated rings. The topological polar surface area (TPSA) is 63.7 Å². The molecule has 1 N–H and O–H groups in total. The quantitative estimate of drug-likeness (QED) is 0.700. The average Bonchev–Trinajstić information content (AvgIpc) is 2.78. The number of hydrogen-bond acceptors (Lipinski definition) is 5. The van der Waals surface area contributed by atoms with Gasteiger partial charge in [0.2, 0.25) is 0 Å². The van der Waals surface area contributed by atoms with Crippen LogP contribution in [0, 0.1) is 0 Å². The standard InChI is InChI=1S/C23H25N3O3/c1-28-20-7-9-21-17(14-20)6-8-22(25-21)23(27)24-15-18-4-2-3-5-19(18)16-26-10-12-29-13-11-26/h2-9,14H,10-13,15-16H2,1H3,(H,24,27). The maximum atomic E-state index is 12.7. The molecule has 3 aromatic rings. The minimum absolute atomic E-state index is 0.177. The van der Waals surface area contributed by atoms with Crippen molar-refractivity contribution in [1.82, 2.24) is 15.2 Å². The van der Waals surface area contributed by atoms with Gasteiger partial charge in [-0.3, -0.25) is 9.69 Å². The number of benzene rings is 2. The smallest absolute Gasteiger partial charge is 0.270 e. The van der Waals surface area contributed by atoms with E-state index in [-0.39, 0.29) is 5.91 Å². The monoisotopic (exact) mass is 391 g/mol. The maximum Gasteiger partial charge on any atom is 0.270 e. The van der Waals surface area contributed by atoms with Gasteiger partial charge in [0.05, 0.1) is 25.8 Å². The molecule has 1 saturated heterocycles. The van der Waals surface area contributed by atoms with Crippen molar-refractivity contribution in [2.45, 2.75) is 13.1 Å². The molecule has 2 heterocycles. The van der Waals surface area contributed by atoms with Crippen molar-refractivity contribution < 1.29 is 14.3 Å². The lowest BCUT2D eigenvalue weighted by Crippen LogP contribution is -2.36. The van der Waals surface area contributed by atoms with Crippen molar-refractivity contribution in [2.75, 3.05) is 33.4 Å². The van der Waals surface area contributed by atoms with Crippen molar-refractivity contribution in [3.8, 4) is 5.75 Å². The number of aromatic nitrogens is 1. The number of methoxy groups -OCH3 is 1. The zero-order chi connectivity index (χ0) is 20.1. The number of amides is 1. The predicted octanol–water partition coefficient (Wildman–Crippen LogP) is 3.01. The van der Waals surface area contributed by atoms with E-state index in [0.29, 0.717) is 12.2 Å². The maximum absolute atomic E-state index is 12.7. The van der Waals surface area contributed by atoms with Crippen LogP contribution in [-0.2, 0) is 17.8 Å². The van der Waals surface area contributed by atoms with E-state index in [1.807, 2.05) is 36.4 Å². The number of hydrogen-bond donors (Lipinski definition) is 1. The van der Waals surface area contributed by atoms with E-state index in [4.69, 9.17) is 9.47 Å². The summed E-state index contributed by atoms with van der Waals surface area (Å²) in [6, 6.07) is 17.5. The SMILES string of the molecule is COc1ccc2nc(C(=O)NCc3ccccc3CN3CCOCC3)ccc2c1. The van der Waals surface area contributed by atoms with Crippen LogP contribution in [-0.4, -0.2) is 49.2 Å². The van der Waals surface area contributed by atoms with Crippen LogP contribution in [0.3, 0.4) is 0 Å². The summed E-state index contributed by atoms with van der Waals surface area (Å²) in [5.41, 5.74) is 3.53. The van der Waals surface area contributed by atoms with Gasteiger partial charge >= 0.3 is 0 Å². The highest BCUT2D eigenvalue weighted by Crippen LogP contribution is 2.19. The van der Waals surface area contributed by atoms with E-state index in [0.717, 1.165) is 55.1 Å². The highest BCUT2D eigenvalue weighted by Gasteiger charge is 2.14. The molecule has 0 radical (unpaired) electrons. The molecule has 1 amide bonds. The Balaban J connectivity index is 1.43. The second kappa shape index (κ2) is 9.03. The van der Waals surface area contributed by atoms with E-state index < -0.39 is 0 Å². The summed E-state index contributed by atoms with van der Waals surface area (Å²) in [7, 11) is 1.63. The molecule has 0 unspecified atom stereocenters. The van der Waals surface area contributed by atoms with Gasteiger partial charge in [-0.1, -0.05) is 30.3 Å². The average molecular weight is 391 g/mol. The Hall–Kier alpha value is -2.96. The summed E-state index contributed by atoms with van der Waals surface area (Å²) >= 11 is 0. The summed E-state index contributed by atoms with van der Waals surface area (Å²) in [5, 5.41) is 3.95. The van der Waals surface area contributed by atoms with E-state index in [1.54, 1.807) is 13.2 Å². The summed E-state index contributed by atoms with van der Waals surface area (Å²) in [6.45, 7) is 4.77. The number of fused-ring (bicyclic) bond motifs is 1. The molecular weight excluding hydrogens is 366 g/mol. The van der Waals surface area contributed by atoms with Gasteiger partial charge in [-0.15, -0.1) is 0 Å². The molecule has 0 saturated carbocycles. The molecule has 0 spiro atoms. The van der Waals surface area contributed by atoms with E-state index in [2.05, 4.69) is 27.3 Å². The molecule has 1 aliphatic heterocycles. The van der Waals surface area contributed by atoms with Crippen molar-refractivity contribution in [3.63, 3.8) is 0 Å². The predicted molar refractivity (Wildman–Crippen MR) is 112 cm³/mol. The van der Waals surface area contributed by atoms with Crippen LogP contribution in [0.5, 0.6) is 5.75 Å². The Morgan fingerprint density at radius 2 is 1.90 bits per heavy atom. The normalized spacial score (nSPS) is 14.7. The van der Waals surface area contributed by atoms with Gasteiger partial charge in [-0.25, -0.2) is 4.98 Å². The molecule has 0 aliphatic carbocycles. The molecule has 6 heteroatoms. The van der Waals surface area contributed by atoms with Crippen molar-refractivity contribution in [1.29, 1.82) is 0 Å². The summed E-state index contributed by atoms with van der Waals surface area (Å²) in [4.78, 5) is 19.5. The largest absolute Gasteiger partial charge is 0.497 e. The fourth-order valence-corrected chi connectivity index (χ4v) is 3.51. The van der Waals surface area contributed by atoms with Crippen molar-refractivity contribution in [2.24, 2.45) is 0 Å². The zero-order valence-electron chi connectivity index (χ0n) is 16.6. The van der Waals surface area contributed by atoms with Crippen LogP contribution in [0.15, 0.2) is 54.6 Å². The summed E-state index contributed by atoms with van der Waals surface area (Å²) in [6.07, 6.45) is 0. The number of nitrogens with zero attached hydrogens (tertiary/aromatic N) is 2. The number of pyridine rings is 1. The van der Waals surface area contributed by atoms with Crippen LogP contribution < -0.4 is 10.1 Å². The molecule has 150 valence electrons. The highest BCUT2D eigenvalue weighted by atomic mass is 16.5. The van der Waals surface area contributed by atoms with E-state index in [9.17, 15) is 4.79 Å². The molecule has 2 aromatic carbocycles.